The molecule has 0 saturated heterocycles. The molecular formula is C13H16N2. The summed E-state index contributed by atoms with van der Waals surface area (Å²) in [5.41, 5.74) is 18.0. The van der Waals surface area contributed by atoms with Crippen LogP contribution in [0.2, 0.25) is 0 Å². The Morgan fingerprint density at radius 2 is 2.13 bits per heavy atom. The topological polar surface area (TPSA) is 52.0 Å². The van der Waals surface area contributed by atoms with Crippen LogP contribution in [0, 0.1) is 11.8 Å². The lowest BCUT2D eigenvalue weighted by Crippen LogP contribution is -2.16. The predicted molar refractivity (Wildman–Crippen MR) is 61.5 cm³/mol. The Balaban J connectivity index is 2.08. The van der Waals surface area contributed by atoms with Crippen molar-refractivity contribution in [2.45, 2.75) is 19.8 Å². The molecule has 0 aromatic carbocycles. The third-order valence-corrected chi connectivity index (χ3v) is 3.60. The van der Waals surface area contributed by atoms with Crippen molar-refractivity contribution in [2.24, 2.45) is 23.3 Å². The molecule has 2 heteroatoms. The lowest BCUT2D eigenvalue weighted by atomic mass is 9.89. The fraction of sp³-hybridized carbons (Fsp3) is 0.385. The SMILES string of the molecule is CC1CC=CC(C2=C3C[C@H]3C=C2N)=C1N. The van der Waals surface area contributed by atoms with Crippen molar-refractivity contribution in [2.75, 3.05) is 0 Å². The third-order valence-electron chi connectivity index (χ3n) is 3.60. The first-order valence-corrected chi connectivity index (χ1v) is 5.55. The summed E-state index contributed by atoms with van der Waals surface area (Å²) < 4.78 is 0. The summed E-state index contributed by atoms with van der Waals surface area (Å²) >= 11 is 0. The van der Waals surface area contributed by atoms with Crippen LogP contribution in [0.15, 0.2) is 46.3 Å². The summed E-state index contributed by atoms with van der Waals surface area (Å²) in [4.78, 5) is 0. The first-order valence-electron chi connectivity index (χ1n) is 5.55. The lowest BCUT2D eigenvalue weighted by molar-refractivity contribution is 0.670. The van der Waals surface area contributed by atoms with Gasteiger partial charge in [0.1, 0.15) is 0 Å². The van der Waals surface area contributed by atoms with Gasteiger partial charge in [0.2, 0.25) is 0 Å². The number of nitrogens with two attached hydrogens (primary N) is 2. The molecule has 0 aromatic rings. The van der Waals surface area contributed by atoms with E-state index in [1.807, 2.05) is 0 Å². The van der Waals surface area contributed by atoms with Crippen LogP contribution < -0.4 is 11.5 Å². The molecule has 0 aromatic heterocycles. The molecule has 3 aliphatic rings. The average molecular weight is 200 g/mol. The molecule has 0 bridgehead atoms. The van der Waals surface area contributed by atoms with Gasteiger partial charge in [0.25, 0.3) is 0 Å². The standard InChI is InChI=1S/C13H16N2/c1-7-3-2-4-9(13(7)15)12-10-5-8(10)6-11(12)14/h2,4,6-8H,3,5,14-15H2,1H3/t7?,8-/m0/s1. The molecule has 1 saturated carbocycles. The van der Waals surface area contributed by atoms with E-state index >= 15 is 0 Å². The summed E-state index contributed by atoms with van der Waals surface area (Å²) in [7, 11) is 0. The summed E-state index contributed by atoms with van der Waals surface area (Å²) in [5.74, 6) is 1.08. The van der Waals surface area contributed by atoms with Crippen LogP contribution in [-0.2, 0) is 0 Å². The molecule has 1 unspecified atom stereocenters. The largest absolute Gasteiger partial charge is 0.401 e. The quantitative estimate of drug-likeness (QED) is 0.680. The van der Waals surface area contributed by atoms with E-state index in [1.54, 1.807) is 0 Å². The van der Waals surface area contributed by atoms with Crippen molar-refractivity contribution < 1.29 is 0 Å². The minimum atomic E-state index is 0.448. The van der Waals surface area contributed by atoms with Crippen LogP contribution in [0.4, 0.5) is 0 Å². The summed E-state index contributed by atoms with van der Waals surface area (Å²) in [6, 6.07) is 0. The van der Waals surface area contributed by atoms with Gasteiger partial charge in [0, 0.05) is 28.5 Å². The van der Waals surface area contributed by atoms with Crippen molar-refractivity contribution in [3.63, 3.8) is 0 Å². The van der Waals surface area contributed by atoms with E-state index in [-0.39, 0.29) is 0 Å². The number of hydrogen-bond acceptors (Lipinski definition) is 2. The molecule has 0 amide bonds. The smallest absolute Gasteiger partial charge is 0.0359 e. The molecule has 0 aliphatic heterocycles. The maximum absolute atomic E-state index is 6.16. The van der Waals surface area contributed by atoms with Crippen molar-refractivity contribution in [3.05, 3.63) is 46.3 Å². The monoisotopic (exact) mass is 200 g/mol. The van der Waals surface area contributed by atoms with Crippen molar-refractivity contribution in [1.29, 1.82) is 0 Å². The highest BCUT2D eigenvalue weighted by atomic mass is 14.7. The second-order valence-corrected chi connectivity index (χ2v) is 4.74. The van der Waals surface area contributed by atoms with Crippen molar-refractivity contribution in [3.8, 4) is 0 Å². The second-order valence-electron chi connectivity index (χ2n) is 4.74. The van der Waals surface area contributed by atoms with Gasteiger partial charge >= 0.3 is 0 Å². The molecule has 0 spiro atoms. The fourth-order valence-corrected chi connectivity index (χ4v) is 2.55. The molecule has 3 rings (SSSR count). The van der Waals surface area contributed by atoms with E-state index in [4.69, 9.17) is 11.5 Å². The maximum Gasteiger partial charge on any atom is 0.0359 e. The highest BCUT2D eigenvalue weighted by molar-refractivity contribution is 5.64. The Hall–Kier alpha value is -1.44. The fourth-order valence-electron chi connectivity index (χ4n) is 2.55. The molecule has 0 radical (unpaired) electrons. The van der Waals surface area contributed by atoms with Gasteiger partial charge in [-0.3, -0.25) is 0 Å². The van der Waals surface area contributed by atoms with Gasteiger partial charge in [-0.1, -0.05) is 30.7 Å². The normalized spacial score (nSPS) is 33.3. The Kier molecular flexibility index (Phi) is 1.64. The Bertz CT molecular complexity index is 449. The minimum Gasteiger partial charge on any atom is -0.401 e. The zero-order chi connectivity index (χ0) is 10.6. The molecule has 15 heavy (non-hydrogen) atoms. The zero-order valence-electron chi connectivity index (χ0n) is 8.96. The van der Waals surface area contributed by atoms with Gasteiger partial charge in [-0.15, -0.1) is 0 Å². The Morgan fingerprint density at radius 1 is 1.33 bits per heavy atom. The van der Waals surface area contributed by atoms with Gasteiger partial charge < -0.3 is 11.5 Å². The van der Waals surface area contributed by atoms with E-state index < -0.39 is 0 Å². The van der Waals surface area contributed by atoms with E-state index in [2.05, 4.69) is 25.2 Å². The number of fused-ring (bicyclic) bond motifs is 1. The Morgan fingerprint density at radius 3 is 2.80 bits per heavy atom. The van der Waals surface area contributed by atoms with Crippen molar-refractivity contribution >= 4 is 0 Å². The van der Waals surface area contributed by atoms with Crippen LogP contribution in [-0.4, -0.2) is 0 Å². The number of allylic oxidation sites excluding steroid dienone is 6. The minimum absolute atomic E-state index is 0.448. The zero-order valence-corrected chi connectivity index (χ0v) is 8.96. The second kappa shape index (κ2) is 2.78. The van der Waals surface area contributed by atoms with E-state index in [0.29, 0.717) is 11.8 Å². The Labute approximate surface area is 90.0 Å². The predicted octanol–water partition coefficient (Wildman–Crippen LogP) is 1.97. The van der Waals surface area contributed by atoms with Gasteiger partial charge in [0.05, 0.1) is 0 Å². The van der Waals surface area contributed by atoms with Gasteiger partial charge in [0.15, 0.2) is 0 Å². The van der Waals surface area contributed by atoms with E-state index in [0.717, 1.165) is 17.8 Å². The van der Waals surface area contributed by atoms with Crippen molar-refractivity contribution in [1.82, 2.24) is 0 Å². The molecule has 2 nitrogen and oxygen atoms in total. The van der Waals surface area contributed by atoms with E-state index in [1.165, 1.54) is 23.1 Å². The number of rotatable bonds is 1. The third kappa shape index (κ3) is 1.17. The molecule has 2 atom stereocenters. The van der Waals surface area contributed by atoms with Gasteiger partial charge in [-0.05, 0) is 18.8 Å². The average Bonchev–Trinajstić information content (AvgIpc) is 2.86. The van der Waals surface area contributed by atoms with Crippen LogP contribution in [0.3, 0.4) is 0 Å². The molecule has 3 aliphatic carbocycles. The lowest BCUT2D eigenvalue weighted by Gasteiger charge is -2.20. The summed E-state index contributed by atoms with van der Waals surface area (Å²) in [6.07, 6.45) is 8.74. The first kappa shape index (κ1) is 8.84. The van der Waals surface area contributed by atoms with Crippen LogP contribution >= 0.6 is 0 Å². The highest BCUT2D eigenvalue weighted by Crippen LogP contribution is 2.51. The van der Waals surface area contributed by atoms with Crippen LogP contribution in [0.25, 0.3) is 0 Å². The molecular weight excluding hydrogens is 184 g/mol. The summed E-state index contributed by atoms with van der Waals surface area (Å²) in [6.45, 7) is 2.17. The molecule has 4 N–H and O–H groups in total. The summed E-state index contributed by atoms with van der Waals surface area (Å²) in [5, 5.41) is 0. The molecule has 78 valence electrons. The maximum atomic E-state index is 6.16. The highest BCUT2D eigenvalue weighted by Gasteiger charge is 2.38. The molecule has 1 fully saturated rings. The van der Waals surface area contributed by atoms with Gasteiger partial charge in [-0.25, -0.2) is 0 Å². The van der Waals surface area contributed by atoms with E-state index in [9.17, 15) is 0 Å². The molecule has 0 heterocycles. The van der Waals surface area contributed by atoms with Crippen LogP contribution in [0.5, 0.6) is 0 Å². The number of hydrogen-bond donors (Lipinski definition) is 2. The van der Waals surface area contributed by atoms with Gasteiger partial charge in [-0.2, -0.15) is 0 Å². The first-order chi connectivity index (χ1) is 7.18. The van der Waals surface area contributed by atoms with Crippen LogP contribution in [0.1, 0.15) is 19.8 Å².